The van der Waals surface area contributed by atoms with Crippen LogP contribution in [0.5, 0.6) is 5.75 Å². The van der Waals surface area contributed by atoms with Crippen molar-refractivity contribution in [2.45, 2.75) is 65.2 Å². The number of halogens is 2. The van der Waals surface area contributed by atoms with E-state index in [1.54, 1.807) is 41.5 Å². The number of hydrogen-bond acceptors (Lipinski definition) is 6. The quantitative estimate of drug-likeness (QED) is 0.348. The summed E-state index contributed by atoms with van der Waals surface area (Å²) in [6.45, 7) is 11.9. The van der Waals surface area contributed by atoms with E-state index in [0.717, 1.165) is 5.69 Å². The summed E-state index contributed by atoms with van der Waals surface area (Å²) in [6, 6.07) is 6.83. The fraction of sp³-hybridized carbons (Fsp3) is 0.652. The van der Waals surface area contributed by atoms with E-state index in [9.17, 15) is 9.59 Å². The summed E-state index contributed by atoms with van der Waals surface area (Å²) in [5, 5.41) is 2.72. The Bertz CT molecular complexity index is 696. The van der Waals surface area contributed by atoms with Gasteiger partial charge >= 0.3 is 12.1 Å². The molecule has 182 valence electrons. The number of nitrogens with one attached hydrogen (secondary N) is 1. The average molecular weight is 491 g/mol. The summed E-state index contributed by atoms with van der Waals surface area (Å²) in [5.41, 5.74) is -0.468. The van der Waals surface area contributed by atoms with Crippen LogP contribution in [0.15, 0.2) is 24.3 Å². The second-order valence-corrected chi connectivity index (χ2v) is 10.0. The van der Waals surface area contributed by atoms with Gasteiger partial charge in [0.2, 0.25) is 0 Å². The monoisotopic (exact) mass is 490 g/mol. The second-order valence-electron chi connectivity index (χ2n) is 9.28. The van der Waals surface area contributed by atoms with Crippen molar-refractivity contribution in [1.29, 1.82) is 0 Å². The topological polar surface area (TPSA) is 77.1 Å². The molecule has 1 N–H and O–H groups in total. The molecule has 32 heavy (non-hydrogen) atoms. The molecular formula is C23H36Cl2N2O5. The highest BCUT2D eigenvalue weighted by Gasteiger charge is 2.25. The van der Waals surface area contributed by atoms with E-state index in [4.69, 9.17) is 37.4 Å². The van der Waals surface area contributed by atoms with Gasteiger partial charge in [0.1, 0.15) is 23.6 Å². The van der Waals surface area contributed by atoms with E-state index >= 15 is 0 Å². The van der Waals surface area contributed by atoms with Crippen LogP contribution >= 0.6 is 23.2 Å². The number of benzene rings is 1. The van der Waals surface area contributed by atoms with Crippen molar-refractivity contribution < 1.29 is 23.8 Å². The van der Waals surface area contributed by atoms with Gasteiger partial charge in [-0.3, -0.25) is 4.79 Å². The Morgan fingerprint density at radius 2 is 1.53 bits per heavy atom. The minimum Gasteiger partial charge on any atom is -0.489 e. The Morgan fingerprint density at radius 3 is 2.06 bits per heavy atom. The Hall–Kier alpha value is -1.86. The van der Waals surface area contributed by atoms with E-state index < -0.39 is 29.3 Å². The van der Waals surface area contributed by atoms with Crippen molar-refractivity contribution in [3.63, 3.8) is 0 Å². The number of esters is 1. The van der Waals surface area contributed by atoms with Gasteiger partial charge in [-0.05, 0) is 53.7 Å². The molecule has 0 heterocycles. The number of anilines is 1. The van der Waals surface area contributed by atoms with Crippen LogP contribution in [0, 0.1) is 0 Å². The first-order chi connectivity index (χ1) is 14.8. The van der Waals surface area contributed by atoms with E-state index in [0.29, 0.717) is 30.6 Å². The maximum atomic E-state index is 12.4. The third-order valence-corrected chi connectivity index (χ3v) is 4.25. The summed E-state index contributed by atoms with van der Waals surface area (Å²) in [5.74, 6) is 1.03. The van der Waals surface area contributed by atoms with Crippen LogP contribution in [-0.2, 0) is 14.3 Å². The maximum absolute atomic E-state index is 12.4. The molecule has 0 spiro atoms. The molecule has 1 amide bonds. The van der Waals surface area contributed by atoms with Gasteiger partial charge in [0.15, 0.2) is 0 Å². The molecule has 0 fully saturated rings. The smallest absolute Gasteiger partial charge is 0.408 e. The van der Waals surface area contributed by atoms with E-state index in [1.165, 1.54) is 0 Å². The van der Waals surface area contributed by atoms with E-state index in [-0.39, 0.29) is 13.0 Å². The van der Waals surface area contributed by atoms with Gasteiger partial charge in [0.05, 0.1) is 18.2 Å². The summed E-state index contributed by atoms with van der Waals surface area (Å²) >= 11 is 11.9. The zero-order valence-corrected chi connectivity index (χ0v) is 21.4. The number of para-hydroxylation sites is 2. The molecule has 0 radical (unpaired) electrons. The SMILES string of the molecule is CC(C)(C)OC(=O)C[C@H](COc1ccccc1N(CCCl)CCCl)NC(=O)OC(C)(C)C. The van der Waals surface area contributed by atoms with Crippen LogP contribution in [0.25, 0.3) is 0 Å². The predicted molar refractivity (Wildman–Crippen MR) is 129 cm³/mol. The highest BCUT2D eigenvalue weighted by atomic mass is 35.5. The fourth-order valence-corrected chi connectivity index (χ4v) is 3.21. The molecular weight excluding hydrogens is 455 g/mol. The molecule has 0 unspecified atom stereocenters. The van der Waals surface area contributed by atoms with Gasteiger partial charge in [0.25, 0.3) is 0 Å². The zero-order valence-electron chi connectivity index (χ0n) is 19.9. The number of rotatable bonds is 11. The highest BCUT2D eigenvalue weighted by molar-refractivity contribution is 6.18. The number of alkyl halides is 2. The predicted octanol–water partition coefficient (Wildman–Crippen LogP) is 4.97. The van der Waals surface area contributed by atoms with Crippen molar-refractivity contribution in [3.8, 4) is 5.75 Å². The molecule has 0 saturated heterocycles. The molecule has 1 atom stereocenters. The maximum Gasteiger partial charge on any atom is 0.408 e. The van der Waals surface area contributed by atoms with Crippen LogP contribution in [0.3, 0.4) is 0 Å². The lowest BCUT2D eigenvalue weighted by atomic mass is 10.1. The molecule has 9 heteroatoms. The average Bonchev–Trinajstić information content (AvgIpc) is 2.63. The van der Waals surface area contributed by atoms with Crippen LogP contribution in [-0.4, -0.2) is 60.8 Å². The Balaban J connectivity index is 2.97. The number of carbonyl (C=O) groups is 2. The van der Waals surface area contributed by atoms with E-state index in [2.05, 4.69) is 5.32 Å². The van der Waals surface area contributed by atoms with Gasteiger partial charge in [-0.15, -0.1) is 23.2 Å². The van der Waals surface area contributed by atoms with Crippen LogP contribution < -0.4 is 15.0 Å². The van der Waals surface area contributed by atoms with Crippen LogP contribution in [0.2, 0.25) is 0 Å². The molecule has 0 aliphatic carbocycles. The molecule has 0 aromatic heterocycles. The van der Waals surface area contributed by atoms with E-state index in [1.807, 2.05) is 29.2 Å². The normalized spacial score (nSPS) is 12.6. The van der Waals surface area contributed by atoms with Crippen molar-refractivity contribution in [2.75, 3.05) is 36.4 Å². The first-order valence-corrected chi connectivity index (χ1v) is 11.7. The Kier molecular flexibility index (Phi) is 11.4. The summed E-state index contributed by atoms with van der Waals surface area (Å²) in [6.07, 6.45) is -0.694. The summed E-state index contributed by atoms with van der Waals surface area (Å²) < 4.78 is 16.8. The third kappa shape index (κ3) is 11.7. The van der Waals surface area contributed by atoms with Crippen molar-refractivity contribution in [2.24, 2.45) is 0 Å². The third-order valence-electron chi connectivity index (χ3n) is 3.91. The molecule has 1 rings (SSSR count). The first-order valence-electron chi connectivity index (χ1n) is 10.6. The molecule has 1 aromatic carbocycles. The Morgan fingerprint density at radius 1 is 0.969 bits per heavy atom. The number of hydrogen-bond donors (Lipinski definition) is 1. The van der Waals surface area contributed by atoms with Crippen molar-refractivity contribution >= 4 is 41.0 Å². The molecule has 0 aliphatic rings. The van der Waals surface area contributed by atoms with Crippen LogP contribution in [0.4, 0.5) is 10.5 Å². The zero-order chi connectivity index (χ0) is 24.4. The summed E-state index contributed by atoms with van der Waals surface area (Å²) in [7, 11) is 0. The largest absolute Gasteiger partial charge is 0.489 e. The number of carbonyl (C=O) groups excluding carboxylic acids is 2. The van der Waals surface area contributed by atoms with Crippen molar-refractivity contribution in [1.82, 2.24) is 5.32 Å². The molecule has 7 nitrogen and oxygen atoms in total. The lowest BCUT2D eigenvalue weighted by Gasteiger charge is -2.27. The van der Waals surface area contributed by atoms with Gasteiger partial charge in [0, 0.05) is 24.8 Å². The number of nitrogens with zero attached hydrogens (tertiary/aromatic N) is 1. The number of ether oxygens (including phenoxy) is 3. The highest BCUT2D eigenvalue weighted by Crippen LogP contribution is 2.28. The van der Waals surface area contributed by atoms with Crippen LogP contribution in [0.1, 0.15) is 48.0 Å². The molecule has 0 aliphatic heterocycles. The standard InChI is InChI=1S/C23H36Cl2N2O5/c1-22(2,3)31-20(28)15-17(26-21(29)32-23(4,5)6)16-30-19-10-8-7-9-18(19)27(13-11-24)14-12-25/h7-10,17H,11-16H2,1-6H3,(H,26,29)/t17-/m1/s1. The molecule has 0 bridgehead atoms. The van der Waals surface area contributed by atoms with Gasteiger partial charge < -0.3 is 24.4 Å². The number of amides is 1. The summed E-state index contributed by atoms with van der Waals surface area (Å²) in [4.78, 5) is 26.7. The number of alkyl carbamates (subject to hydrolysis) is 1. The Labute approximate surface area is 201 Å². The van der Waals surface area contributed by atoms with Gasteiger partial charge in [-0.25, -0.2) is 4.79 Å². The van der Waals surface area contributed by atoms with Gasteiger partial charge in [-0.2, -0.15) is 0 Å². The fourth-order valence-electron chi connectivity index (χ4n) is 2.80. The second kappa shape index (κ2) is 13.0. The minimum absolute atomic E-state index is 0.0467. The van der Waals surface area contributed by atoms with Crippen molar-refractivity contribution in [3.05, 3.63) is 24.3 Å². The first kappa shape index (κ1) is 28.2. The lowest BCUT2D eigenvalue weighted by molar-refractivity contribution is -0.155. The lowest BCUT2D eigenvalue weighted by Crippen LogP contribution is -2.44. The minimum atomic E-state index is -0.669. The van der Waals surface area contributed by atoms with Gasteiger partial charge in [-0.1, -0.05) is 12.1 Å². The molecule has 1 aromatic rings. The molecule has 0 saturated carbocycles.